The van der Waals surface area contributed by atoms with Crippen molar-refractivity contribution >= 4 is 42.3 Å². The predicted octanol–water partition coefficient (Wildman–Crippen LogP) is 2.24. The molecule has 1 aromatic rings. The molecule has 28 heavy (non-hydrogen) atoms. The smallest absolute Gasteiger partial charge is 0.340 e. The van der Waals surface area contributed by atoms with E-state index >= 15 is 0 Å². The minimum Gasteiger partial charge on any atom is -0.340 e. The molecule has 160 valence electrons. The Kier molecular flexibility index (Phi) is 11.4. The van der Waals surface area contributed by atoms with Crippen molar-refractivity contribution in [3.05, 3.63) is 29.8 Å². The minimum atomic E-state index is -4.52. The number of para-hydroxylation sites is 1. The van der Waals surface area contributed by atoms with E-state index in [-0.39, 0.29) is 43.0 Å². The molecule has 6 nitrogen and oxygen atoms in total. The number of piperazine rings is 1. The Morgan fingerprint density at radius 3 is 2.25 bits per heavy atom. The van der Waals surface area contributed by atoms with Crippen molar-refractivity contribution in [3.63, 3.8) is 0 Å². The van der Waals surface area contributed by atoms with Crippen LogP contribution in [0.1, 0.15) is 12.0 Å². The topological polar surface area (TPSA) is 64.7 Å². The van der Waals surface area contributed by atoms with E-state index in [4.69, 9.17) is 0 Å². The zero-order chi connectivity index (χ0) is 19.2. The summed E-state index contributed by atoms with van der Waals surface area (Å²) < 4.78 is 38.9. The van der Waals surface area contributed by atoms with Crippen LogP contribution in [-0.2, 0) is 15.8 Å². The zero-order valence-electron chi connectivity index (χ0n) is 15.4. The van der Waals surface area contributed by atoms with E-state index in [0.717, 1.165) is 6.07 Å². The summed E-state index contributed by atoms with van der Waals surface area (Å²) in [5, 5.41) is 5.26. The predicted molar refractivity (Wildman–Crippen MR) is 106 cm³/mol. The van der Waals surface area contributed by atoms with Gasteiger partial charge in [-0.1, -0.05) is 12.1 Å². The van der Waals surface area contributed by atoms with Crippen molar-refractivity contribution in [2.45, 2.75) is 12.6 Å². The first-order valence-electron chi connectivity index (χ1n) is 8.42. The van der Waals surface area contributed by atoms with E-state index in [9.17, 15) is 22.8 Å². The highest BCUT2D eigenvalue weighted by atomic mass is 35.5. The van der Waals surface area contributed by atoms with Crippen LogP contribution in [0.3, 0.4) is 0 Å². The van der Waals surface area contributed by atoms with Crippen LogP contribution < -0.4 is 10.6 Å². The Hall–Kier alpha value is -1.55. The lowest BCUT2D eigenvalue weighted by Crippen LogP contribution is -2.50. The Labute approximate surface area is 174 Å². The number of rotatable bonds is 6. The van der Waals surface area contributed by atoms with Crippen LogP contribution >= 0.6 is 24.8 Å². The van der Waals surface area contributed by atoms with Gasteiger partial charge >= 0.3 is 6.18 Å². The number of benzene rings is 1. The summed E-state index contributed by atoms with van der Waals surface area (Å²) in [5.74, 6) is -0.445. The fourth-order valence-corrected chi connectivity index (χ4v) is 2.78. The van der Waals surface area contributed by atoms with Crippen LogP contribution in [0.15, 0.2) is 24.3 Å². The highest BCUT2D eigenvalue weighted by Crippen LogP contribution is 2.34. The molecule has 2 N–H and O–H groups in total. The molecule has 2 rings (SSSR count). The van der Waals surface area contributed by atoms with Gasteiger partial charge in [0.15, 0.2) is 0 Å². The average Bonchev–Trinajstić information content (AvgIpc) is 2.59. The fourth-order valence-electron chi connectivity index (χ4n) is 2.78. The Balaban J connectivity index is 0.00000364. The molecule has 1 fully saturated rings. The van der Waals surface area contributed by atoms with Gasteiger partial charge in [0.2, 0.25) is 11.8 Å². The molecule has 2 amide bonds. The van der Waals surface area contributed by atoms with Crippen LogP contribution in [0.5, 0.6) is 0 Å². The number of anilines is 1. The maximum atomic E-state index is 13.0. The Bertz CT molecular complexity index is 639. The van der Waals surface area contributed by atoms with E-state index in [2.05, 4.69) is 10.6 Å². The molecular formula is C17H25Cl2F3N4O2. The Morgan fingerprint density at radius 2 is 1.68 bits per heavy atom. The molecule has 0 saturated carbocycles. The summed E-state index contributed by atoms with van der Waals surface area (Å²) in [4.78, 5) is 27.6. The molecule has 1 aliphatic rings. The first-order valence-corrected chi connectivity index (χ1v) is 8.42. The van der Waals surface area contributed by atoms with E-state index in [0.29, 0.717) is 39.1 Å². The normalized spacial score (nSPS) is 14.6. The first kappa shape index (κ1) is 26.4. The summed E-state index contributed by atoms with van der Waals surface area (Å²) in [6, 6.07) is 4.90. The van der Waals surface area contributed by atoms with Crippen molar-refractivity contribution in [3.8, 4) is 0 Å². The number of alkyl halides is 3. The standard InChI is InChI=1S/C17H23F3N4O2.2ClH/c1-21-7-6-16(26)24-10-8-23(9-11-24)12-15(25)22-14-5-3-2-4-13(14)17(18,19)20;;/h2-5,21H,6-12H2,1H3,(H,22,25);2*1H. The molecular weight excluding hydrogens is 420 g/mol. The van der Waals surface area contributed by atoms with Gasteiger partial charge in [-0.15, -0.1) is 24.8 Å². The van der Waals surface area contributed by atoms with Gasteiger partial charge in [0.1, 0.15) is 0 Å². The van der Waals surface area contributed by atoms with Gasteiger partial charge in [0.05, 0.1) is 17.8 Å². The van der Waals surface area contributed by atoms with E-state index in [1.54, 1.807) is 11.9 Å². The lowest BCUT2D eigenvalue weighted by Gasteiger charge is -2.34. The van der Waals surface area contributed by atoms with Gasteiger partial charge in [0, 0.05) is 39.1 Å². The third-order valence-electron chi connectivity index (χ3n) is 4.19. The molecule has 1 aromatic carbocycles. The van der Waals surface area contributed by atoms with Crippen LogP contribution in [0.25, 0.3) is 0 Å². The Morgan fingerprint density at radius 1 is 1.07 bits per heavy atom. The number of carbonyl (C=O) groups is 2. The van der Waals surface area contributed by atoms with Crippen LogP contribution in [0, 0.1) is 0 Å². The van der Waals surface area contributed by atoms with Crippen molar-refractivity contribution < 1.29 is 22.8 Å². The van der Waals surface area contributed by atoms with Crippen molar-refractivity contribution in [1.82, 2.24) is 15.1 Å². The molecule has 0 aliphatic carbocycles. The van der Waals surface area contributed by atoms with E-state index in [1.165, 1.54) is 18.2 Å². The third kappa shape index (κ3) is 7.83. The summed E-state index contributed by atoms with van der Waals surface area (Å²) in [7, 11) is 1.78. The third-order valence-corrected chi connectivity index (χ3v) is 4.19. The maximum absolute atomic E-state index is 13.0. The molecule has 11 heteroatoms. The van der Waals surface area contributed by atoms with Gasteiger partial charge in [-0.3, -0.25) is 14.5 Å². The molecule has 0 radical (unpaired) electrons. The summed E-state index contributed by atoms with van der Waals surface area (Å²) >= 11 is 0. The summed E-state index contributed by atoms with van der Waals surface area (Å²) in [6.07, 6.45) is -4.10. The van der Waals surface area contributed by atoms with Crippen molar-refractivity contribution in [1.29, 1.82) is 0 Å². The fraction of sp³-hybridized carbons (Fsp3) is 0.529. The highest BCUT2D eigenvalue weighted by Gasteiger charge is 2.33. The first-order chi connectivity index (χ1) is 12.3. The number of amides is 2. The molecule has 1 saturated heterocycles. The molecule has 0 aromatic heterocycles. The lowest BCUT2D eigenvalue weighted by molar-refractivity contribution is -0.137. The molecule has 0 unspecified atom stereocenters. The van der Waals surface area contributed by atoms with Gasteiger partial charge in [-0.2, -0.15) is 13.2 Å². The van der Waals surface area contributed by atoms with Crippen LogP contribution in [0.2, 0.25) is 0 Å². The monoisotopic (exact) mass is 444 g/mol. The van der Waals surface area contributed by atoms with Crippen molar-refractivity contribution in [2.75, 3.05) is 51.6 Å². The second-order valence-electron chi connectivity index (χ2n) is 6.10. The van der Waals surface area contributed by atoms with Gasteiger partial charge < -0.3 is 15.5 Å². The van der Waals surface area contributed by atoms with Crippen LogP contribution in [0.4, 0.5) is 18.9 Å². The summed E-state index contributed by atoms with van der Waals surface area (Å²) in [6.45, 7) is 2.65. The number of hydrogen-bond donors (Lipinski definition) is 2. The molecule has 1 aliphatic heterocycles. The number of carbonyl (C=O) groups excluding carboxylic acids is 2. The average molecular weight is 445 g/mol. The van der Waals surface area contributed by atoms with E-state index < -0.39 is 17.6 Å². The van der Waals surface area contributed by atoms with Gasteiger partial charge in [0.25, 0.3) is 0 Å². The second kappa shape index (κ2) is 12.1. The molecule has 0 atom stereocenters. The molecule has 1 heterocycles. The number of nitrogens with one attached hydrogen (secondary N) is 2. The van der Waals surface area contributed by atoms with Crippen LogP contribution in [-0.4, -0.2) is 67.9 Å². The lowest BCUT2D eigenvalue weighted by atomic mass is 10.1. The number of halogens is 5. The largest absolute Gasteiger partial charge is 0.418 e. The summed E-state index contributed by atoms with van der Waals surface area (Å²) in [5.41, 5.74) is -1.11. The highest BCUT2D eigenvalue weighted by molar-refractivity contribution is 5.93. The van der Waals surface area contributed by atoms with Crippen molar-refractivity contribution in [2.24, 2.45) is 0 Å². The molecule has 0 bridgehead atoms. The van der Waals surface area contributed by atoms with Gasteiger partial charge in [-0.05, 0) is 19.2 Å². The van der Waals surface area contributed by atoms with Gasteiger partial charge in [-0.25, -0.2) is 0 Å². The zero-order valence-corrected chi connectivity index (χ0v) is 17.1. The van der Waals surface area contributed by atoms with E-state index in [1.807, 2.05) is 4.90 Å². The minimum absolute atomic E-state index is 0. The quantitative estimate of drug-likeness (QED) is 0.705. The SMILES string of the molecule is CNCCC(=O)N1CCN(CC(=O)Nc2ccccc2C(F)(F)F)CC1.Cl.Cl. The molecule has 0 spiro atoms. The number of hydrogen-bond acceptors (Lipinski definition) is 4. The maximum Gasteiger partial charge on any atom is 0.418 e. The second-order valence-corrected chi connectivity index (χ2v) is 6.10. The number of nitrogens with zero attached hydrogens (tertiary/aromatic N) is 2.